The Hall–Kier alpha value is -1.12. The first kappa shape index (κ1) is 6.99. The van der Waals surface area contributed by atoms with Crippen LogP contribution in [0, 0.1) is 6.92 Å². The highest BCUT2D eigenvalue weighted by Gasteiger charge is 1.97. The number of hydrogen-bond acceptors (Lipinski definition) is 2. The number of aryl methyl sites for hydroxylation is 1. The first-order chi connectivity index (χ1) is 4.74. The molecule has 1 aromatic heterocycles. The number of halogens is 1. The molecule has 10 heavy (non-hydrogen) atoms. The Labute approximate surface area is 58.3 Å². The van der Waals surface area contributed by atoms with Gasteiger partial charge in [0.2, 0.25) is 0 Å². The monoisotopic (exact) mass is 141 g/mol. The van der Waals surface area contributed by atoms with Crippen LogP contribution in [0.2, 0.25) is 0 Å². The third-order valence-electron chi connectivity index (χ3n) is 1.27. The van der Waals surface area contributed by atoms with E-state index >= 15 is 0 Å². The number of nitrogens with zero attached hydrogens (tertiary/aromatic N) is 1. The van der Waals surface area contributed by atoms with Crippen molar-refractivity contribution in [1.82, 2.24) is 4.98 Å². The number of aromatic nitrogens is 1. The number of aromatic hydroxyl groups is 1. The molecule has 0 spiro atoms. The van der Waals surface area contributed by atoms with Gasteiger partial charge in [-0.1, -0.05) is 0 Å². The van der Waals surface area contributed by atoms with Crippen LogP contribution in [0.1, 0.15) is 11.3 Å². The van der Waals surface area contributed by atoms with E-state index in [1.807, 2.05) is 0 Å². The first-order valence-electron chi connectivity index (χ1n) is 2.94. The van der Waals surface area contributed by atoms with Gasteiger partial charge in [0.15, 0.2) is 0 Å². The summed E-state index contributed by atoms with van der Waals surface area (Å²) in [5, 5.41) is 9.00. The maximum absolute atomic E-state index is 11.9. The summed E-state index contributed by atoms with van der Waals surface area (Å²) in [4.78, 5) is 3.76. The van der Waals surface area contributed by atoms with Crippen molar-refractivity contribution in [2.45, 2.75) is 13.6 Å². The van der Waals surface area contributed by atoms with Crippen molar-refractivity contribution in [3.05, 3.63) is 23.5 Å². The predicted molar refractivity (Wildman–Crippen MR) is 35.5 cm³/mol. The molecule has 0 amide bonds. The quantitative estimate of drug-likeness (QED) is 0.643. The molecule has 1 aromatic rings. The van der Waals surface area contributed by atoms with Crippen molar-refractivity contribution in [2.24, 2.45) is 0 Å². The van der Waals surface area contributed by atoms with Crippen molar-refractivity contribution in [3.8, 4) is 5.75 Å². The van der Waals surface area contributed by atoms with Crippen LogP contribution in [0.25, 0.3) is 0 Å². The van der Waals surface area contributed by atoms with E-state index in [-0.39, 0.29) is 5.75 Å². The molecule has 1 N–H and O–H groups in total. The van der Waals surface area contributed by atoms with Gasteiger partial charge >= 0.3 is 0 Å². The zero-order chi connectivity index (χ0) is 7.56. The van der Waals surface area contributed by atoms with E-state index in [4.69, 9.17) is 5.11 Å². The van der Waals surface area contributed by atoms with Gasteiger partial charge in [0.25, 0.3) is 0 Å². The molecule has 0 bridgehead atoms. The van der Waals surface area contributed by atoms with Crippen molar-refractivity contribution in [1.29, 1.82) is 0 Å². The average molecular weight is 141 g/mol. The molecule has 0 aliphatic carbocycles. The molecule has 0 radical (unpaired) electrons. The molecule has 0 atom stereocenters. The second-order valence-corrected chi connectivity index (χ2v) is 2.08. The molecule has 1 rings (SSSR count). The summed E-state index contributed by atoms with van der Waals surface area (Å²) in [5.74, 6) is 0.0511. The molecular formula is C7H8FNO. The third kappa shape index (κ3) is 1.23. The summed E-state index contributed by atoms with van der Waals surface area (Å²) in [6.07, 6.45) is 1.41. The summed E-state index contributed by atoms with van der Waals surface area (Å²) < 4.78 is 11.9. The molecule has 0 aromatic carbocycles. The van der Waals surface area contributed by atoms with E-state index in [2.05, 4.69) is 4.98 Å². The van der Waals surface area contributed by atoms with Crippen LogP contribution in [0.3, 0.4) is 0 Å². The highest BCUT2D eigenvalue weighted by atomic mass is 19.1. The highest BCUT2D eigenvalue weighted by Crippen LogP contribution is 2.14. The maximum atomic E-state index is 11.9. The molecule has 0 saturated heterocycles. The van der Waals surface area contributed by atoms with E-state index in [0.717, 1.165) is 0 Å². The summed E-state index contributed by atoms with van der Waals surface area (Å²) in [5.41, 5.74) is 0.931. The highest BCUT2D eigenvalue weighted by molar-refractivity contribution is 5.28. The van der Waals surface area contributed by atoms with E-state index in [1.54, 1.807) is 6.92 Å². The van der Waals surface area contributed by atoms with Crippen LogP contribution < -0.4 is 0 Å². The first-order valence-corrected chi connectivity index (χ1v) is 2.94. The second-order valence-electron chi connectivity index (χ2n) is 2.08. The number of alkyl halides is 1. The fourth-order valence-corrected chi connectivity index (χ4v) is 0.636. The number of rotatable bonds is 1. The average Bonchev–Trinajstić information content (AvgIpc) is 1.95. The van der Waals surface area contributed by atoms with Crippen LogP contribution >= 0.6 is 0 Å². The maximum Gasteiger partial charge on any atom is 0.137 e. The van der Waals surface area contributed by atoms with Crippen molar-refractivity contribution in [2.75, 3.05) is 0 Å². The topological polar surface area (TPSA) is 33.1 Å². The lowest BCUT2D eigenvalue weighted by Gasteiger charge is -1.97. The smallest absolute Gasteiger partial charge is 0.137 e. The lowest BCUT2D eigenvalue weighted by Crippen LogP contribution is -1.85. The van der Waals surface area contributed by atoms with E-state index in [0.29, 0.717) is 11.3 Å². The molecule has 0 aliphatic rings. The minimum Gasteiger partial charge on any atom is -0.506 e. The van der Waals surface area contributed by atoms with Gasteiger partial charge in [0, 0.05) is 11.8 Å². The Morgan fingerprint density at radius 3 is 2.90 bits per heavy atom. The molecular weight excluding hydrogens is 133 g/mol. The normalized spacial score (nSPS) is 9.80. The van der Waals surface area contributed by atoms with Gasteiger partial charge < -0.3 is 5.11 Å². The fourth-order valence-electron chi connectivity index (χ4n) is 0.636. The number of pyridine rings is 1. The molecule has 0 fully saturated rings. The number of hydrogen-bond donors (Lipinski definition) is 1. The van der Waals surface area contributed by atoms with Crippen LogP contribution in [-0.4, -0.2) is 10.1 Å². The molecule has 0 unspecified atom stereocenters. The van der Waals surface area contributed by atoms with Crippen LogP contribution in [0.15, 0.2) is 12.3 Å². The molecule has 3 heteroatoms. The van der Waals surface area contributed by atoms with Crippen molar-refractivity contribution < 1.29 is 9.50 Å². The van der Waals surface area contributed by atoms with E-state index in [1.165, 1.54) is 12.3 Å². The Balaban J connectivity index is 3.04. The minimum atomic E-state index is -0.582. The third-order valence-corrected chi connectivity index (χ3v) is 1.27. The summed E-state index contributed by atoms with van der Waals surface area (Å²) in [6, 6.07) is 1.38. The zero-order valence-electron chi connectivity index (χ0n) is 5.63. The van der Waals surface area contributed by atoms with Gasteiger partial charge in [0.1, 0.15) is 12.4 Å². The van der Waals surface area contributed by atoms with Gasteiger partial charge in [-0.15, -0.1) is 0 Å². The molecule has 0 aliphatic heterocycles. The van der Waals surface area contributed by atoms with Crippen molar-refractivity contribution >= 4 is 0 Å². The lowest BCUT2D eigenvalue weighted by molar-refractivity contribution is 0.455. The molecule has 1 heterocycles. The van der Waals surface area contributed by atoms with Gasteiger partial charge in [-0.25, -0.2) is 4.39 Å². The van der Waals surface area contributed by atoms with Gasteiger partial charge in [-0.05, 0) is 13.0 Å². The molecule has 0 saturated carbocycles. The Morgan fingerprint density at radius 1 is 1.70 bits per heavy atom. The molecule has 54 valence electrons. The van der Waals surface area contributed by atoms with Gasteiger partial charge in [-0.3, -0.25) is 4.98 Å². The fraction of sp³-hybridized carbons (Fsp3) is 0.286. The summed E-state index contributed by atoms with van der Waals surface area (Å²) >= 11 is 0. The van der Waals surface area contributed by atoms with Gasteiger partial charge in [-0.2, -0.15) is 0 Å². The minimum absolute atomic E-state index is 0.0511. The van der Waals surface area contributed by atoms with Crippen LogP contribution in [0.4, 0.5) is 4.39 Å². The molecule has 2 nitrogen and oxygen atoms in total. The van der Waals surface area contributed by atoms with Crippen LogP contribution in [0.5, 0.6) is 5.75 Å². The Kier molecular flexibility index (Phi) is 1.85. The van der Waals surface area contributed by atoms with E-state index < -0.39 is 6.67 Å². The Bertz CT molecular complexity index is 237. The largest absolute Gasteiger partial charge is 0.506 e. The van der Waals surface area contributed by atoms with Crippen molar-refractivity contribution in [3.63, 3.8) is 0 Å². The SMILES string of the molecule is Cc1ncc(CF)cc1O. The zero-order valence-corrected chi connectivity index (χ0v) is 5.63. The van der Waals surface area contributed by atoms with Crippen LogP contribution in [-0.2, 0) is 6.67 Å². The predicted octanol–water partition coefficient (Wildman–Crippen LogP) is 1.57. The van der Waals surface area contributed by atoms with Gasteiger partial charge in [0.05, 0.1) is 5.69 Å². The summed E-state index contributed by atoms with van der Waals surface area (Å²) in [7, 11) is 0. The van der Waals surface area contributed by atoms with E-state index in [9.17, 15) is 4.39 Å². The lowest BCUT2D eigenvalue weighted by atomic mass is 10.2. The standard InChI is InChI=1S/C7H8FNO/c1-5-7(10)2-6(3-8)4-9-5/h2,4,10H,3H2,1H3. The summed E-state index contributed by atoms with van der Waals surface area (Å²) in [6.45, 7) is 1.08. The Morgan fingerprint density at radius 2 is 2.40 bits per heavy atom. The second kappa shape index (κ2) is 2.64.